The predicted molar refractivity (Wildman–Crippen MR) is 126 cm³/mol. The average molecular weight is 422 g/mol. The summed E-state index contributed by atoms with van der Waals surface area (Å²) in [6.07, 6.45) is 2.87. The minimum absolute atomic E-state index is 0.125. The summed E-state index contributed by atoms with van der Waals surface area (Å²) in [5.74, 6) is 1.70. The molecule has 5 heteroatoms. The van der Waals surface area contributed by atoms with Gasteiger partial charge in [-0.2, -0.15) is 0 Å². The van der Waals surface area contributed by atoms with Gasteiger partial charge < -0.3 is 14.2 Å². The van der Waals surface area contributed by atoms with Gasteiger partial charge in [0.2, 0.25) is 5.91 Å². The first kappa shape index (κ1) is 22.9. The van der Waals surface area contributed by atoms with Gasteiger partial charge in [-0.05, 0) is 62.9 Å². The van der Waals surface area contributed by atoms with Crippen molar-refractivity contribution < 1.29 is 9.53 Å². The number of nitrogens with zero attached hydrogens (tertiary/aromatic N) is 3. The number of imidazole rings is 1. The first-order valence-electron chi connectivity index (χ1n) is 11.4. The molecule has 1 aromatic heterocycles. The average Bonchev–Trinajstić information content (AvgIpc) is 3.15. The van der Waals surface area contributed by atoms with E-state index in [1.165, 1.54) is 5.56 Å². The van der Waals surface area contributed by atoms with Gasteiger partial charge in [-0.1, -0.05) is 45.0 Å². The fraction of sp³-hybridized carbons (Fsp3) is 0.462. The number of benzene rings is 2. The van der Waals surface area contributed by atoms with Gasteiger partial charge in [0, 0.05) is 12.1 Å². The van der Waals surface area contributed by atoms with E-state index in [0.29, 0.717) is 6.61 Å². The van der Waals surface area contributed by atoms with E-state index in [1.807, 2.05) is 45.9 Å². The standard InChI is InChI=1S/C26H35N3O2/c1-6-19(4)29(20(5)7-2)26(30)17-28-24-12-10-9-11-23(24)27-25(28)18-31-22-15-13-21(8-3)14-16-22/h9-16,19-20H,6-8,17-18H2,1-5H3. The monoisotopic (exact) mass is 421 g/mol. The Hall–Kier alpha value is -2.82. The van der Waals surface area contributed by atoms with Crippen molar-refractivity contribution in [3.05, 3.63) is 59.9 Å². The minimum atomic E-state index is 0.125. The van der Waals surface area contributed by atoms with Gasteiger partial charge in [0.1, 0.15) is 24.7 Å². The molecule has 3 aromatic rings. The van der Waals surface area contributed by atoms with Crippen molar-refractivity contribution >= 4 is 16.9 Å². The number of rotatable bonds is 10. The van der Waals surface area contributed by atoms with E-state index in [9.17, 15) is 4.79 Å². The summed E-state index contributed by atoms with van der Waals surface area (Å²) in [7, 11) is 0. The molecule has 0 radical (unpaired) electrons. The van der Waals surface area contributed by atoms with Crippen molar-refractivity contribution in [2.75, 3.05) is 0 Å². The van der Waals surface area contributed by atoms with Crippen LogP contribution in [0.1, 0.15) is 58.8 Å². The Morgan fingerprint density at radius 2 is 1.65 bits per heavy atom. The van der Waals surface area contributed by atoms with Crippen LogP contribution in [0.5, 0.6) is 5.75 Å². The van der Waals surface area contributed by atoms with Crippen LogP contribution in [-0.4, -0.2) is 32.4 Å². The van der Waals surface area contributed by atoms with Crippen molar-refractivity contribution in [3.8, 4) is 5.75 Å². The third-order valence-corrected chi connectivity index (χ3v) is 6.15. The number of ether oxygens (including phenoxy) is 1. The smallest absolute Gasteiger partial charge is 0.243 e. The molecule has 2 atom stereocenters. The molecular weight excluding hydrogens is 386 g/mol. The largest absolute Gasteiger partial charge is 0.486 e. The number of carbonyl (C=O) groups is 1. The fourth-order valence-electron chi connectivity index (χ4n) is 3.92. The lowest BCUT2D eigenvalue weighted by Crippen LogP contribution is -2.45. The molecule has 31 heavy (non-hydrogen) atoms. The number of aromatic nitrogens is 2. The zero-order chi connectivity index (χ0) is 22.4. The van der Waals surface area contributed by atoms with E-state index in [-0.39, 0.29) is 24.5 Å². The molecule has 0 aliphatic heterocycles. The van der Waals surface area contributed by atoms with Crippen LogP contribution < -0.4 is 4.74 Å². The zero-order valence-electron chi connectivity index (χ0n) is 19.5. The Labute approximate surface area is 186 Å². The van der Waals surface area contributed by atoms with Crippen molar-refractivity contribution in [2.24, 2.45) is 0 Å². The van der Waals surface area contributed by atoms with Gasteiger partial charge in [-0.25, -0.2) is 4.98 Å². The molecule has 3 rings (SSSR count). The molecule has 5 nitrogen and oxygen atoms in total. The van der Waals surface area contributed by atoms with Crippen LogP contribution in [-0.2, 0) is 24.4 Å². The highest BCUT2D eigenvalue weighted by atomic mass is 16.5. The number of carbonyl (C=O) groups excluding carboxylic acids is 1. The molecule has 0 bridgehead atoms. The molecule has 0 saturated heterocycles. The molecule has 1 heterocycles. The molecule has 166 valence electrons. The molecule has 0 N–H and O–H groups in total. The van der Waals surface area contributed by atoms with Crippen molar-refractivity contribution in [1.29, 1.82) is 0 Å². The van der Waals surface area contributed by atoms with Gasteiger partial charge in [0.25, 0.3) is 0 Å². The minimum Gasteiger partial charge on any atom is -0.486 e. The SMILES string of the molecule is CCc1ccc(OCc2nc3ccccc3n2CC(=O)N(C(C)CC)C(C)CC)cc1. The lowest BCUT2D eigenvalue weighted by atomic mass is 10.1. The Morgan fingerprint density at radius 1 is 1.00 bits per heavy atom. The Morgan fingerprint density at radius 3 is 2.26 bits per heavy atom. The molecule has 1 amide bonds. The molecule has 0 fully saturated rings. The number of hydrogen-bond acceptors (Lipinski definition) is 3. The first-order valence-corrected chi connectivity index (χ1v) is 11.4. The summed E-state index contributed by atoms with van der Waals surface area (Å²) in [6.45, 7) is 11.2. The van der Waals surface area contributed by atoms with Crippen molar-refractivity contribution in [2.45, 2.75) is 79.1 Å². The number of hydrogen-bond donors (Lipinski definition) is 0. The molecule has 0 saturated carbocycles. The van der Waals surface area contributed by atoms with Crippen molar-refractivity contribution in [3.63, 3.8) is 0 Å². The fourth-order valence-corrected chi connectivity index (χ4v) is 3.92. The topological polar surface area (TPSA) is 47.4 Å². The van der Waals surface area contributed by atoms with Crippen LogP contribution >= 0.6 is 0 Å². The maximum absolute atomic E-state index is 13.4. The summed E-state index contributed by atoms with van der Waals surface area (Å²) in [6, 6.07) is 16.5. The quantitative estimate of drug-likeness (QED) is 0.428. The number of fused-ring (bicyclic) bond motifs is 1. The number of aryl methyl sites for hydroxylation is 1. The second-order valence-corrected chi connectivity index (χ2v) is 8.20. The van der Waals surface area contributed by atoms with E-state index in [1.54, 1.807) is 0 Å². The van der Waals surface area contributed by atoms with Crippen LogP contribution in [0.2, 0.25) is 0 Å². The van der Waals surface area contributed by atoms with Gasteiger partial charge in [-0.3, -0.25) is 4.79 Å². The number of para-hydroxylation sites is 2. The van der Waals surface area contributed by atoms with E-state index in [0.717, 1.165) is 41.9 Å². The second-order valence-electron chi connectivity index (χ2n) is 8.20. The highest BCUT2D eigenvalue weighted by Gasteiger charge is 2.25. The maximum Gasteiger partial charge on any atom is 0.243 e. The lowest BCUT2D eigenvalue weighted by Gasteiger charge is -2.34. The summed E-state index contributed by atoms with van der Waals surface area (Å²) >= 11 is 0. The Bertz CT molecular complexity index is 984. The van der Waals surface area contributed by atoms with Gasteiger partial charge in [0.15, 0.2) is 0 Å². The molecule has 0 aliphatic carbocycles. The molecular formula is C26H35N3O2. The highest BCUT2D eigenvalue weighted by Crippen LogP contribution is 2.21. The molecule has 0 aliphatic rings. The third kappa shape index (κ3) is 5.27. The predicted octanol–water partition coefficient (Wildman–Crippen LogP) is 5.60. The van der Waals surface area contributed by atoms with Gasteiger partial charge >= 0.3 is 0 Å². The lowest BCUT2D eigenvalue weighted by molar-refractivity contribution is -0.136. The van der Waals surface area contributed by atoms with Crippen LogP contribution in [0.3, 0.4) is 0 Å². The zero-order valence-corrected chi connectivity index (χ0v) is 19.5. The summed E-state index contributed by atoms with van der Waals surface area (Å²) in [5.41, 5.74) is 3.12. The van der Waals surface area contributed by atoms with E-state index in [2.05, 4.69) is 46.8 Å². The molecule has 0 spiro atoms. The number of amides is 1. The summed E-state index contributed by atoms with van der Waals surface area (Å²) in [4.78, 5) is 20.2. The normalized spacial score (nSPS) is 13.2. The second kappa shape index (κ2) is 10.5. The Balaban J connectivity index is 1.86. The van der Waals surface area contributed by atoms with Crippen LogP contribution in [0.15, 0.2) is 48.5 Å². The van der Waals surface area contributed by atoms with Gasteiger partial charge in [-0.15, -0.1) is 0 Å². The molecule has 2 aromatic carbocycles. The first-order chi connectivity index (χ1) is 15.0. The summed E-state index contributed by atoms with van der Waals surface area (Å²) < 4.78 is 8.04. The van der Waals surface area contributed by atoms with Crippen LogP contribution in [0.25, 0.3) is 11.0 Å². The molecule has 2 unspecified atom stereocenters. The van der Waals surface area contributed by atoms with E-state index in [4.69, 9.17) is 9.72 Å². The summed E-state index contributed by atoms with van der Waals surface area (Å²) in [5, 5.41) is 0. The highest BCUT2D eigenvalue weighted by molar-refractivity contribution is 5.81. The van der Waals surface area contributed by atoms with E-state index < -0.39 is 0 Å². The van der Waals surface area contributed by atoms with E-state index >= 15 is 0 Å². The van der Waals surface area contributed by atoms with Crippen LogP contribution in [0, 0.1) is 0 Å². The third-order valence-electron chi connectivity index (χ3n) is 6.15. The van der Waals surface area contributed by atoms with Gasteiger partial charge in [0.05, 0.1) is 11.0 Å². The maximum atomic E-state index is 13.4. The Kier molecular flexibility index (Phi) is 7.72. The van der Waals surface area contributed by atoms with Crippen molar-refractivity contribution in [1.82, 2.24) is 14.5 Å². The van der Waals surface area contributed by atoms with Crippen LogP contribution in [0.4, 0.5) is 0 Å².